The quantitative estimate of drug-likeness (QED) is 0.707. The molecule has 1 heterocycles. The maximum Gasteiger partial charge on any atom is 0.262 e. The van der Waals surface area contributed by atoms with Gasteiger partial charge in [0.15, 0.2) is 11.6 Å². The molecule has 1 aliphatic heterocycles. The van der Waals surface area contributed by atoms with Crippen molar-refractivity contribution in [1.82, 2.24) is 4.90 Å². The number of rotatable bonds is 5. The van der Waals surface area contributed by atoms with E-state index in [1.165, 1.54) is 11.0 Å². The molecule has 0 radical (unpaired) electrons. The fraction of sp³-hybridized carbons (Fsp3) is 0.364. The highest BCUT2D eigenvalue weighted by Crippen LogP contribution is 2.38. The second kappa shape index (κ2) is 8.03. The van der Waals surface area contributed by atoms with Gasteiger partial charge >= 0.3 is 0 Å². The minimum atomic E-state index is -4.11. The van der Waals surface area contributed by atoms with Gasteiger partial charge in [-0.1, -0.05) is 25.0 Å². The van der Waals surface area contributed by atoms with Crippen LogP contribution in [-0.4, -0.2) is 25.1 Å². The molecule has 6 nitrogen and oxygen atoms in total. The van der Waals surface area contributed by atoms with E-state index in [4.69, 9.17) is 0 Å². The van der Waals surface area contributed by atoms with Gasteiger partial charge in [-0.15, -0.1) is 0 Å². The van der Waals surface area contributed by atoms with E-state index in [-0.39, 0.29) is 40.8 Å². The summed E-state index contributed by atoms with van der Waals surface area (Å²) in [6.07, 6.45) is 3.27. The number of likely N-dealkylation sites (tertiary alicyclic amines) is 1. The Morgan fingerprint density at radius 2 is 1.61 bits per heavy atom. The molecule has 164 valence electrons. The lowest BCUT2D eigenvalue weighted by atomic mass is 9.81. The lowest BCUT2D eigenvalue weighted by Crippen LogP contribution is -2.30. The number of amides is 2. The highest BCUT2D eigenvalue weighted by molar-refractivity contribution is 7.92. The van der Waals surface area contributed by atoms with Crippen LogP contribution >= 0.6 is 0 Å². The lowest BCUT2D eigenvalue weighted by Gasteiger charge is -2.19. The van der Waals surface area contributed by atoms with Crippen molar-refractivity contribution in [3.05, 3.63) is 59.2 Å². The van der Waals surface area contributed by atoms with Crippen LogP contribution in [0.25, 0.3) is 0 Å². The number of hydrogen-bond donors (Lipinski definition) is 1. The third-order valence-corrected chi connectivity index (χ3v) is 7.51. The van der Waals surface area contributed by atoms with Gasteiger partial charge in [-0.3, -0.25) is 19.2 Å². The van der Waals surface area contributed by atoms with Crippen molar-refractivity contribution in [2.75, 3.05) is 4.72 Å². The number of carbonyl (C=O) groups excluding carboxylic acids is 2. The van der Waals surface area contributed by atoms with E-state index in [0.717, 1.165) is 31.0 Å². The SMILES string of the molecule is Cc1ccc(CN2C(=O)[C@H]3CCCC[C@H]3C2=O)cc1S(=O)(=O)Nc1ccc(F)c(F)c1. The zero-order valence-electron chi connectivity index (χ0n) is 16.9. The summed E-state index contributed by atoms with van der Waals surface area (Å²) in [4.78, 5) is 26.6. The number of imide groups is 1. The molecule has 1 N–H and O–H groups in total. The smallest absolute Gasteiger partial charge is 0.262 e. The van der Waals surface area contributed by atoms with Crippen LogP contribution in [0.1, 0.15) is 36.8 Å². The van der Waals surface area contributed by atoms with Gasteiger partial charge in [0, 0.05) is 6.07 Å². The summed E-state index contributed by atoms with van der Waals surface area (Å²) in [5.74, 6) is -3.19. The van der Waals surface area contributed by atoms with Gasteiger partial charge in [-0.05, 0) is 49.1 Å². The predicted molar refractivity (Wildman–Crippen MR) is 109 cm³/mol. The van der Waals surface area contributed by atoms with Crippen LogP contribution in [0.3, 0.4) is 0 Å². The molecule has 9 heteroatoms. The molecular weight excluding hydrogens is 426 g/mol. The highest BCUT2D eigenvalue weighted by atomic mass is 32.2. The molecule has 2 aromatic carbocycles. The summed E-state index contributed by atoms with van der Waals surface area (Å²) < 4.78 is 54.5. The van der Waals surface area contributed by atoms with Gasteiger partial charge in [0.1, 0.15) is 0 Å². The minimum Gasteiger partial charge on any atom is -0.280 e. The number of nitrogens with zero attached hydrogens (tertiary/aromatic N) is 1. The molecule has 1 saturated carbocycles. The van der Waals surface area contributed by atoms with Gasteiger partial charge in [0.25, 0.3) is 10.0 Å². The van der Waals surface area contributed by atoms with Crippen LogP contribution in [0.5, 0.6) is 0 Å². The molecule has 2 amide bonds. The normalized spacial score (nSPS) is 21.3. The van der Waals surface area contributed by atoms with E-state index in [0.29, 0.717) is 24.0 Å². The Bertz CT molecular complexity index is 1140. The fourth-order valence-corrected chi connectivity index (χ4v) is 5.72. The molecule has 2 atom stereocenters. The Balaban J connectivity index is 1.59. The van der Waals surface area contributed by atoms with Crippen molar-refractivity contribution >= 4 is 27.5 Å². The van der Waals surface area contributed by atoms with E-state index >= 15 is 0 Å². The summed E-state index contributed by atoms with van der Waals surface area (Å²) in [5.41, 5.74) is 0.820. The predicted octanol–water partition coefficient (Wildman–Crippen LogP) is 3.75. The first kappa shape index (κ1) is 21.4. The van der Waals surface area contributed by atoms with Crippen LogP contribution in [0, 0.1) is 30.4 Å². The first-order valence-electron chi connectivity index (χ1n) is 10.1. The Morgan fingerprint density at radius 3 is 2.23 bits per heavy atom. The number of hydrogen-bond acceptors (Lipinski definition) is 4. The third kappa shape index (κ3) is 4.06. The van der Waals surface area contributed by atoms with Crippen LogP contribution in [0.4, 0.5) is 14.5 Å². The molecule has 0 bridgehead atoms. The van der Waals surface area contributed by atoms with Gasteiger partial charge in [-0.2, -0.15) is 0 Å². The third-order valence-electron chi connectivity index (χ3n) is 5.99. The first-order chi connectivity index (χ1) is 14.7. The Labute approximate surface area is 179 Å². The van der Waals surface area contributed by atoms with Crippen molar-refractivity contribution in [2.24, 2.45) is 11.8 Å². The van der Waals surface area contributed by atoms with Crippen LogP contribution in [-0.2, 0) is 26.2 Å². The monoisotopic (exact) mass is 448 g/mol. The molecule has 4 rings (SSSR count). The Morgan fingerprint density at radius 1 is 0.968 bits per heavy atom. The second-order valence-corrected chi connectivity index (χ2v) is 9.75. The summed E-state index contributed by atoms with van der Waals surface area (Å²) in [6.45, 7) is 1.60. The van der Waals surface area contributed by atoms with E-state index in [1.807, 2.05) is 0 Å². The minimum absolute atomic E-state index is 0.00135. The molecule has 1 saturated heterocycles. The second-order valence-electron chi connectivity index (χ2n) is 8.09. The number of carbonyl (C=O) groups is 2. The maximum absolute atomic E-state index is 13.4. The number of halogens is 2. The van der Waals surface area contributed by atoms with E-state index in [1.54, 1.807) is 19.1 Å². The van der Waals surface area contributed by atoms with Gasteiger partial charge in [0.05, 0.1) is 29.0 Å². The average Bonchev–Trinajstić information content (AvgIpc) is 2.97. The zero-order valence-corrected chi connectivity index (χ0v) is 17.7. The number of anilines is 1. The van der Waals surface area contributed by atoms with Gasteiger partial charge < -0.3 is 0 Å². The summed E-state index contributed by atoms with van der Waals surface area (Å²) >= 11 is 0. The lowest BCUT2D eigenvalue weighted by molar-refractivity contribution is -0.140. The topological polar surface area (TPSA) is 83.6 Å². The largest absolute Gasteiger partial charge is 0.280 e. The molecular formula is C22H22F2N2O4S. The van der Waals surface area contributed by atoms with Crippen LogP contribution < -0.4 is 4.72 Å². The van der Waals surface area contributed by atoms with E-state index in [2.05, 4.69) is 4.72 Å². The number of benzene rings is 2. The van der Waals surface area contributed by atoms with Crippen molar-refractivity contribution in [3.8, 4) is 0 Å². The van der Waals surface area contributed by atoms with Gasteiger partial charge in [-0.25, -0.2) is 17.2 Å². The zero-order chi connectivity index (χ0) is 22.3. The standard InChI is InChI=1S/C22H22F2N2O4S/c1-13-6-7-14(12-26-21(27)16-4-2-3-5-17(16)22(26)28)10-20(13)31(29,30)25-15-8-9-18(23)19(24)11-15/h6-11,16-17,25H,2-5,12H2,1H3/t16-,17+. The van der Waals surface area contributed by atoms with Crippen LogP contribution in [0.2, 0.25) is 0 Å². The van der Waals surface area contributed by atoms with Crippen molar-refractivity contribution in [1.29, 1.82) is 0 Å². The van der Waals surface area contributed by atoms with E-state index < -0.39 is 21.7 Å². The number of aryl methyl sites for hydroxylation is 1. The fourth-order valence-electron chi connectivity index (χ4n) is 4.37. The molecule has 2 aromatic rings. The highest BCUT2D eigenvalue weighted by Gasteiger charge is 2.47. The maximum atomic E-state index is 13.4. The van der Waals surface area contributed by atoms with Crippen molar-refractivity contribution in [2.45, 2.75) is 44.0 Å². The summed E-state index contributed by atoms with van der Waals surface area (Å²) in [7, 11) is -4.11. The molecule has 2 fully saturated rings. The molecule has 1 aliphatic carbocycles. The molecule has 0 spiro atoms. The summed E-state index contributed by atoms with van der Waals surface area (Å²) in [5, 5.41) is 0. The average molecular weight is 448 g/mol. The van der Waals surface area contributed by atoms with Gasteiger partial charge in [0.2, 0.25) is 11.8 Å². The Kier molecular flexibility index (Phi) is 5.55. The molecule has 31 heavy (non-hydrogen) atoms. The number of fused-ring (bicyclic) bond motifs is 1. The number of nitrogens with one attached hydrogen (secondary N) is 1. The molecule has 2 aliphatic rings. The molecule has 0 aromatic heterocycles. The van der Waals surface area contributed by atoms with Crippen molar-refractivity contribution < 1.29 is 26.8 Å². The summed E-state index contributed by atoms with van der Waals surface area (Å²) in [6, 6.07) is 7.39. The number of sulfonamides is 1. The van der Waals surface area contributed by atoms with Crippen LogP contribution in [0.15, 0.2) is 41.3 Å². The Hall–Kier alpha value is -2.81. The van der Waals surface area contributed by atoms with Crippen molar-refractivity contribution in [3.63, 3.8) is 0 Å². The molecule has 0 unspecified atom stereocenters. The first-order valence-corrected chi connectivity index (χ1v) is 11.6. The van der Waals surface area contributed by atoms with E-state index in [9.17, 15) is 26.8 Å².